The molecule has 0 aliphatic carbocycles. The molecule has 3 aromatic rings. The zero-order valence-corrected chi connectivity index (χ0v) is 15.3. The second kappa shape index (κ2) is 6.14. The van der Waals surface area contributed by atoms with Crippen LogP contribution < -0.4 is 0 Å². The van der Waals surface area contributed by atoms with Gasteiger partial charge in [-0.2, -0.15) is 0 Å². The van der Waals surface area contributed by atoms with Gasteiger partial charge in [-0.25, -0.2) is 0 Å². The number of hydrogen-bond acceptors (Lipinski definition) is 4. The van der Waals surface area contributed by atoms with Crippen molar-refractivity contribution >= 4 is 24.1 Å². The molecule has 0 atom stereocenters. The number of aromatic hydroxyl groups is 2. The molecule has 132 valence electrons. The van der Waals surface area contributed by atoms with Crippen LogP contribution in [0, 0.1) is 4.64 Å². The van der Waals surface area contributed by atoms with E-state index in [9.17, 15) is 10.2 Å². The number of nitrogens with one attached hydrogen (secondary N) is 2. The predicted octanol–water partition coefficient (Wildman–Crippen LogP) is 5.20. The van der Waals surface area contributed by atoms with E-state index in [2.05, 4.69) is 21.3 Å². The summed E-state index contributed by atoms with van der Waals surface area (Å²) in [5.41, 5.74) is 5.83. The van der Waals surface area contributed by atoms with Crippen LogP contribution in [0.5, 0.6) is 11.5 Å². The van der Waals surface area contributed by atoms with Crippen molar-refractivity contribution in [3.05, 3.63) is 46.1 Å². The maximum absolute atomic E-state index is 10.5. The van der Waals surface area contributed by atoms with Gasteiger partial charge < -0.3 is 10.2 Å². The molecule has 1 aromatic heterocycles. The van der Waals surface area contributed by atoms with E-state index < -0.39 is 0 Å². The van der Waals surface area contributed by atoms with Crippen LogP contribution in [0.15, 0.2) is 35.3 Å². The molecule has 1 aliphatic heterocycles. The Labute approximate surface area is 156 Å². The SMILES string of the molecule is CC(C)c1cc(-c2[nH][nH]c(=S)c2-c2cccc3c2N=CC3)c(O)cc1O. The van der Waals surface area contributed by atoms with E-state index >= 15 is 0 Å². The molecule has 0 bridgehead atoms. The highest BCUT2D eigenvalue weighted by Crippen LogP contribution is 2.44. The van der Waals surface area contributed by atoms with Crippen LogP contribution in [-0.4, -0.2) is 26.6 Å². The molecular formula is C20H19N3O2S. The molecule has 0 radical (unpaired) electrons. The van der Waals surface area contributed by atoms with E-state index in [0.29, 0.717) is 15.9 Å². The van der Waals surface area contributed by atoms with Gasteiger partial charge in [0.15, 0.2) is 0 Å². The summed E-state index contributed by atoms with van der Waals surface area (Å²) in [5, 5.41) is 26.7. The first-order valence-corrected chi connectivity index (χ1v) is 8.90. The third kappa shape index (κ3) is 2.54. The molecule has 26 heavy (non-hydrogen) atoms. The number of benzene rings is 2. The summed E-state index contributed by atoms with van der Waals surface area (Å²) in [6.07, 6.45) is 2.70. The summed E-state index contributed by atoms with van der Waals surface area (Å²) in [4.78, 5) is 4.51. The Balaban J connectivity index is 1.98. The van der Waals surface area contributed by atoms with Crippen molar-refractivity contribution in [1.29, 1.82) is 0 Å². The minimum Gasteiger partial charge on any atom is -0.508 e. The molecule has 2 heterocycles. The molecule has 2 aromatic carbocycles. The number of hydrogen-bond donors (Lipinski definition) is 4. The number of aliphatic imine (C=N–C) groups is 1. The van der Waals surface area contributed by atoms with E-state index in [-0.39, 0.29) is 17.4 Å². The minimum atomic E-state index is -0.00511. The zero-order chi connectivity index (χ0) is 18.4. The molecule has 0 saturated heterocycles. The lowest BCUT2D eigenvalue weighted by atomic mass is 9.94. The third-order valence-corrected chi connectivity index (χ3v) is 5.04. The standard InChI is InChI=1S/C20H19N3O2S/c1-10(2)13-8-14(16(25)9-15(13)24)19-17(20(26)23-22-19)12-5-3-4-11-6-7-21-18(11)12/h3-5,7-10,24-25H,6H2,1-2H3,(H2,22,23,26). The highest BCUT2D eigenvalue weighted by Gasteiger charge is 2.22. The summed E-state index contributed by atoms with van der Waals surface area (Å²) < 4.78 is 0.550. The topological polar surface area (TPSA) is 84.4 Å². The third-order valence-electron chi connectivity index (χ3n) is 4.73. The van der Waals surface area contributed by atoms with Crippen molar-refractivity contribution in [2.75, 3.05) is 0 Å². The second-order valence-electron chi connectivity index (χ2n) is 6.74. The number of H-pyrrole nitrogens is 2. The number of nitrogens with zero attached hydrogens (tertiary/aromatic N) is 1. The quantitative estimate of drug-likeness (QED) is 0.481. The Hall–Kier alpha value is -2.86. The Morgan fingerprint density at radius 1 is 1.08 bits per heavy atom. The number of phenols is 2. The average molecular weight is 365 g/mol. The van der Waals surface area contributed by atoms with Crippen molar-refractivity contribution in [2.24, 2.45) is 4.99 Å². The summed E-state index contributed by atoms with van der Waals surface area (Å²) in [6, 6.07) is 9.22. The van der Waals surface area contributed by atoms with Crippen LogP contribution in [0.3, 0.4) is 0 Å². The van der Waals surface area contributed by atoms with Crippen molar-refractivity contribution < 1.29 is 10.2 Å². The van der Waals surface area contributed by atoms with Gasteiger partial charge in [-0.15, -0.1) is 0 Å². The van der Waals surface area contributed by atoms with Crippen molar-refractivity contribution in [3.8, 4) is 33.9 Å². The summed E-state index contributed by atoms with van der Waals surface area (Å²) in [5.74, 6) is 0.196. The van der Waals surface area contributed by atoms with Gasteiger partial charge in [0.2, 0.25) is 0 Å². The number of aromatic nitrogens is 2. The molecule has 1 aliphatic rings. The first-order chi connectivity index (χ1) is 12.5. The molecule has 0 unspecified atom stereocenters. The lowest BCUT2D eigenvalue weighted by Gasteiger charge is -2.13. The van der Waals surface area contributed by atoms with E-state index in [4.69, 9.17) is 12.2 Å². The van der Waals surface area contributed by atoms with Crippen LogP contribution in [0.4, 0.5) is 5.69 Å². The Morgan fingerprint density at radius 3 is 2.65 bits per heavy atom. The largest absolute Gasteiger partial charge is 0.508 e. The Bertz CT molecular complexity index is 1090. The number of rotatable bonds is 3. The highest BCUT2D eigenvalue weighted by atomic mass is 32.1. The van der Waals surface area contributed by atoms with Crippen LogP contribution in [0.2, 0.25) is 0 Å². The molecule has 6 heteroatoms. The van der Waals surface area contributed by atoms with Gasteiger partial charge in [0.05, 0.1) is 11.4 Å². The van der Waals surface area contributed by atoms with Crippen molar-refractivity contribution in [1.82, 2.24) is 10.2 Å². The Kier molecular flexibility index (Phi) is 3.92. The molecular weight excluding hydrogens is 346 g/mol. The fraction of sp³-hybridized carbons (Fsp3) is 0.200. The highest BCUT2D eigenvalue weighted by molar-refractivity contribution is 7.71. The molecule has 0 spiro atoms. The first kappa shape index (κ1) is 16.6. The fourth-order valence-electron chi connectivity index (χ4n) is 3.42. The van der Waals surface area contributed by atoms with Crippen LogP contribution >= 0.6 is 12.2 Å². The van der Waals surface area contributed by atoms with Crippen LogP contribution in [0.1, 0.15) is 30.9 Å². The van der Waals surface area contributed by atoms with Crippen LogP contribution in [-0.2, 0) is 6.42 Å². The predicted molar refractivity (Wildman–Crippen MR) is 106 cm³/mol. The van der Waals surface area contributed by atoms with Gasteiger partial charge in [-0.05, 0) is 23.1 Å². The van der Waals surface area contributed by atoms with Gasteiger partial charge in [0.25, 0.3) is 0 Å². The van der Waals surface area contributed by atoms with Crippen molar-refractivity contribution in [2.45, 2.75) is 26.2 Å². The normalized spacial score (nSPS) is 12.7. The van der Waals surface area contributed by atoms with Gasteiger partial charge in [-0.1, -0.05) is 44.3 Å². The maximum atomic E-state index is 10.5. The van der Waals surface area contributed by atoms with Gasteiger partial charge >= 0.3 is 0 Å². The molecule has 5 nitrogen and oxygen atoms in total. The number of para-hydroxylation sites is 1. The Morgan fingerprint density at radius 2 is 1.88 bits per heavy atom. The van der Waals surface area contributed by atoms with Gasteiger partial charge in [0, 0.05) is 35.4 Å². The summed E-state index contributed by atoms with van der Waals surface area (Å²) >= 11 is 5.51. The van der Waals surface area contributed by atoms with E-state index in [0.717, 1.165) is 34.4 Å². The van der Waals surface area contributed by atoms with E-state index in [1.165, 1.54) is 6.07 Å². The van der Waals surface area contributed by atoms with E-state index in [1.54, 1.807) is 6.07 Å². The maximum Gasteiger partial charge on any atom is 0.128 e. The second-order valence-corrected chi connectivity index (χ2v) is 7.15. The molecule has 4 N–H and O–H groups in total. The lowest BCUT2D eigenvalue weighted by Crippen LogP contribution is -1.92. The van der Waals surface area contributed by atoms with Crippen molar-refractivity contribution in [3.63, 3.8) is 0 Å². The number of fused-ring (bicyclic) bond motifs is 1. The van der Waals surface area contributed by atoms with E-state index in [1.807, 2.05) is 32.2 Å². The summed E-state index contributed by atoms with van der Waals surface area (Å²) in [7, 11) is 0. The molecule has 4 rings (SSSR count). The number of phenolic OH excluding ortho intramolecular Hbond substituents is 2. The van der Waals surface area contributed by atoms with Gasteiger partial charge in [-0.3, -0.25) is 15.2 Å². The van der Waals surface area contributed by atoms with Gasteiger partial charge in [0.1, 0.15) is 16.1 Å². The zero-order valence-electron chi connectivity index (χ0n) is 14.5. The molecule has 0 fully saturated rings. The molecule has 0 saturated carbocycles. The first-order valence-electron chi connectivity index (χ1n) is 8.49. The summed E-state index contributed by atoms with van der Waals surface area (Å²) in [6.45, 7) is 3.99. The monoisotopic (exact) mass is 365 g/mol. The average Bonchev–Trinajstić information content (AvgIpc) is 3.21. The van der Waals surface area contributed by atoms with Crippen LogP contribution in [0.25, 0.3) is 22.4 Å². The fourth-order valence-corrected chi connectivity index (χ4v) is 3.68. The lowest BCUT2D eigenvalue weighted by molar-refractivity contribution is 0.445. The smallest absolute Gasteiger partial charge is 0.128 e. The number of aromatic amines is 2. The minimum absolute atomic E-state index is 0.00511. The molecule has 0 amide bonds.